The highest BCUT2D eigenvalue weighted by Crippen LogP contribution is 2.42. The van der Waals surface area contributed by atoms with Crippen molar-refractivity contribution in [1.82, 2.24) is 9.97 Å². The minimum atomic E-state index is -0.122. The molecule has 0 aliphatic carbocycles. The van der Waals surface area contributed by atoms with E-state index in [4.69, 9.17) is 0 Å². The molecule has 0 unspecified atom stereocenters. The van der Waals surface area contributed by atoms with Crippen molar-refractivity contribution in [2.45, 2.75) is 65.7 Å². The number of imidazole rings is 1. The smallest absolute Gasteiger partial charge is 0.123 e. The standard InChI is InChI=1S/C19H28N2O/c1-8-15-16(21-11-20-15)12-9-13(18(2,3)4)17(22)14(10-12)19(5,6)7/h9-11,22H,8H2,1-7H3,(H,20,21). The lowest BCUT2D eigenvalue weighted by Gasteiger charge is -2.28. The van der Waals surface area contributed by atoms with Gasteiger partial charge < -0.3 is 10.1 Å². The number of aromatic nitrogens is 2. The Morgan fingerprint density at radius 3 is 1.91 bits per heavy atom. The van der Waals surface area contributed by atoms with Crippen molar-refractivity contribution in [1.29, 1.82) is 0 Å². The number of rotatable bonds is 2. The van der Waals surface area contributed by atoms with Gasteiger partial charge in [0, 0.05) is 22.4 Å². The van der Waals surface area contributed by atoms with Crippen molar-refractivity contribution in [3.63, 3.8) is 0 Å². The summed E-state index contributed by atoms with van der Waals surface area (Å²) in [5.74, 6) is 0.414. The summed E-state index contributed by atoms with van der Waals surface area (Å²) >= 11 is 0. The van der Waals surface area contributed by atoms with E-state index in [0.29, 0.717) is 5.75 Å². The molecule has 2 N–H and O–H groups in total. The molecule has 0 spiro atoms. The number of phenolic OH excluding ortho intramolecular Hbond substituents is 1. The Labute approximate surface area is 133 Å². The van der Waals surface area contributed by atoms with Gasteiger partial charge in [0.2, 0.25) is 0 Å². The van der Waals surface area contributed by atoms with Crippen LogP contribution in [-0.4, -0.2) is 15.1 Å². The van der Waals surface area contributed by atoms with Crippen molar-refractivity contribution in [3.8, 4) is 17.0 Å². The first-order chi connectivity index (χ1) is 10.1. The van der Waals surface area contributed by atoms with Gasteiger partial charge in [-0.3, -0.25) is 0 Å². The lowest BCUT2D eigenvalue weighted by Crippen LogP contribution is -2.17. The molecule has 2 rings (SSSR count). The quantitative estimate of drug-likeness (QED) is 0.825. The van der Waals surface area contributed by atoms with Crippen LogP contribution in [0.4, 0.5) is 0 Å². The number of hydrogen-bond donors (Lipinski definition) is 2. The number of aromatic amines is 1. The summed E-state index contributed by atoms with van der Waals surface area (Å²) in [4.78, 5) is 7.71. The largest absolute Gasteiger partial charge is 0.507 e. The number of benzene rings is 1. The maximum absolute atomic E-state index is 10.8. The predicted molar refractivity (Wildman–Crippen MR) is 92.5 cm³/mol. The molecule has 0 bridgehead atoms. The molecule has 1 heterocycles. The molecule has 1 aromatic heterocycles. The number of aryl methyl sites for hydroxylation is 1. The third kappa shape index (κ3) is 3.03. The second kappa shape index (κ2) is 5.45. The highest BCUT2D eigenvalue weighted by molar-refractivity contribution is 5.68. The van der Waals surface area contributed by atoms with Crippen LogP contribution in [0.25, 0.3) is 11.3 Å². The van der Waals surface area contributed by atoms with E-state index in [1.165, 1.54) is 0 Å². The van der Waals surface area contributed by atoms with Gasteiger partial charge in [-0.15, -0.1) is 0 Å². The first-order valence-electron chi connectivity index (χ1n) is 7.96. The van der Waals surface area contributed by atoms with Gasteiger partial charge in [-0.1, -0.05) is 48.5 Å². The second-order valence-electron chi connectivity index (χ2n) is 8.00. The number of nitrogens with one attached hydrogen (secondary N) is 1. The molecule has 0 saturated carbocycles. The van der Waals surface area contributed by atoms with E-state index >= 15 is 0 Å². The minimum Gasteiger partial charge on any atom is -0.507 e. The van der Waals surface area contributed by atoms with Crippen LogP contribution < -0.4 is 0 Å². The van der Waals surface area contributed by atoms with Crippen LogP contribution in [0.1, 0.15) is 65.3 Å². The van der Waals surface area contributed by atoms with Crippen LogP contribution in [-0.2, 0) is 17.3 Å². The lowest BCUT2D eigenvalue weighted by atomic mass is 9.78. The van der Waals surface area contributed by atoms with Crippen LogP contribution >= 0.6 is 0 Å². The molecule has 0 radical (unpaired) electrons. The lowest BCUT2D eigenvalue weighted by molar-refractivity contribution is 0.423. The fraction of sp³-hybridized carbons (Fsp3) is 0.526. The number of H-pyrrole nitrogens is 1. The summed E-state index contributed by atoms with van der Waals surface area (Å²) in [5.41, 5.74) is 4.89. The topological polar surface area (TPSA) is 48.9 Å². The summed E-state index contributed by atoms with van der Waals surface area (Å²) < 4.78 is 0. The first-order valence-corrected chi connectivity index (χ1v) is 7.96. The molecule has 3 nitrogen and oxygen atoms in total. The Morgan fingerprint density at radius 1 is 1.00 bits per heavy atom. The summed E-state index contributed by atoms with van der Waals surface area (Å²) in [6.07, 6.45) is 2.65. The van der Waals surface area contributed by atoms with Crippen LogP contribution in [0.5, 0.6) is 5.75 Å². The molecule has 3 heteroatoms. The fourth-order valence-corrected chi connectivity index (χ4v) is 2.75. The number of phenols is 1. The van der Waals surface area contributed by atoms with Crippen LogP contribution in [0.3, 0.4) is 0 Å². The number of aromatic hydroxyl groups is 1. The Hall–Kier alpha value is -1.77. The average molecular weight is 300 g/mol. The van der Waals surface area contributed by atoms with Gasteiger partial charge in [0.25, 0.3) is 0 Å². The van der Waals surface area contributed by atoms with Gasteiger partial charge in [0.1, 0.15) is 5.75 Å². The Morgan fingerprint density at radius 2 is 1.50 bits per heavy atom. The normalized spacial score (nSPS) is 12.7. The third-order valence-corrected chi connectivity index (χ3v) is 4.07. The van der Waals surface area contributed by atoms with Gasteiger partial charge in [-0.25, -0.2) is 4.98 Å². The highest BCUT2D eigenvalue weighted by atomic mass is 16.3. The predicted octanol–water partition coefficient (Wildman–Crippen LogP) is 4.94. The van der Waals surface area contributed by atoms with Gasteiger partial charge in [-0.2, -0.15) is 0 Å². The molecule has 0 aliphatic rings. The molecule has 0 aliphatic heterocycles. The van der Waals surface area contributed by atoms with Crippen molar-refractivity contribution >= 4 is 0 Å². The van der Waals surface area contributed by atoms with E-state index in [0.717, 1.165) is 34.5 Å². The van der Waals surface area contributed by atoms with Gasteiger partial charge in [0.15, 0.2) is 0 Å². The molecule has 2 aromatic rings. The maximum Gasteiger partial charge on any atom is 0.123 e. The van der Waals surface area contributed by atoms with Crippen LogP contribution in [0, 0.1) is 0 Å². The zero-order valence-electron chi connectivity index (χ0n) is 14.8. The van der Waals surface area contributed by atoms with Crippen LogP contribution in [0.2, 0.25) is 0 Å². The monoisotopic (exact) mass is 300 g/mol. The van der Waals surface area contributed by atoms with Crippen molar-refractivity contribution in [3.05, 3.63) is 35.3 Å². The molecular weight excluding hydrogens is 272 g/mol. The van der Waals surface area contributed by atoms with Crippen molar-refractivity contribution in [2.75, 3.05) is 0 Å². The molecule has 0 atom stereocenters. The van der Waals surface area contributed by atoms with E-state index in [1.807, 2.05) is 0 Å². The van der Waals surface area contributed by atoms with Crippen molar-refractivity contribution in [2.24, 2.45) is 0 Å². The summed E-state index contributed by atoms with van der Waals surface area (Å²) in [6, 6.07) is 4.17. The van der Waals surface area contributed by atoms with E-state index in [2.05, 4.69) is 70.6 Å². The second-order valence-corrected chi connectivity index (χ2v) is 8.00. The van der Waals surface area contributed by atoms with Crippen LogP contribution in [0.15, 0.2) is 18.5 Å². The molecule has 1 aromatic carbocycles. The summed E-state index contributed by atoms with van der Waals surface area (Å²) in [6.45, 7) is 14.9. The van der Waals surface area contributed by atoms with E-state index in [1.54, 1.807) is 6.33 Å². The SMILES string of the molecule is CCc1[nH]cnc1-c1cc(C(C)(C)C)c(O)c(C(C)(C)C)c1. The zero-order valence-corrected chi connectivity index (χ0v) is 14.8. The van der Waals surface area contributed by atoms with E-state index < -0.39 is 0 Å². The maximum atomic E-state index is 10.8. The molecule has 120 valence electrons. The molecule has 0 fully saturated rings. The van der Waals surface area contributed by atoms with Gasteiger partial charge >= 0.3 is 0 Å². The summed E-state index contributed by atoms with van der Waals surface area (Å²) in [5, 5.41) is 10.8. The van der Waals surface area contributed by atoms with Crippen molar-refractivity contribution < 1.29 is 5.11 Å². The molecule has 0 amide bonds. The Kier molecular flexibility index (Phi) is 4.12. The minimum absolute atomic E-state index is 0.122. The third-order valence-electron chi connectivity index (χ3n) is 4.07. The van der Waals surface area contributed by atoms with Gasteiger partial charge in [-0.05, 0) is 29.4 Å². The summed E-state index contributed by atoms with van der Waals surface area (Å²) in [7, 11) is 0. The zero-order chi connectivity index (χ0) is 16.7. The first kappa shape index (κ1) is 16.6. The highest BCUT2D eigenvalue weighted by Gasteiger charge is 2.27. The fourth-order valence-electron chi connectivity index (χ4n) is 2.75. The van der Waals surface area contributed by atoms with Gasteiger partial charge in [0.05, 0.1) is 12.0 Å². The number of hydrogen-bond acceptors (Lipinski definition) is 2. The Bertz CT molecular complexity index is 634. The molecular formula is C19H28N2O. The molecule has 0 saturated heterocycles. The molecule has 22 heavy (non-hydrogen) atoms. The van der Waals surface area contributed by atoms with E-state index in [9.17, 15) is 5.11 Å². The Balaban J connectivity index is 2.76. The van der Waals surface area contributed by atoms with E-state index in [-0.39, 0.29) is 10.8 Å². The average Bonchev–Trinajstić information content (AvgIpc) is 2.84. The number of nitrogens with zero attached hydrogens (tertiary/aromatic N) is 1.